The van der Waals surface area contributed by atoms with E-state index in [-0.39, 0.29) is 12.4 Å². The van der Waals surface area contributed by atoms with Crippen molar-refractivity contribution in [2.24, 2.45) is 0 Å². The number of ether oxygens (including phenoxy) is 2. The van der Waals surface area contributed by atoms with Gasteiger partial charge in [-0.05, 0) is 6.92 Å². The molecule has 1 N–H and O–H groups in total. The van der Waals surface area contributed by atoms with E-state index < -0.39 is 34.1 Å². The van der Waals surface area contributed by atoms with Gasteiger partial charge in [0.05, 0.1) is 11.5 Å². The fourth-order valence-electron chi connectivity index (χ4n) is 1.43. The number of hydrogen-bond donors (Lipinski definition) is 1. The van der Waals surface area contributed by atoms with Gasteiger partial charge >= 0.3 is 11.7 Å². The lowest BCUT2D eigenvalue weighted by Crippen LogP contribution is -2.19. The van der Waals surface area contributed by atoms with E-state index in [1.165, 1.54) is 7.11 Å². The van der Waals surface area contributed by atoms with Crippen molar-refractivity contribution in [2.75, 3.05) is 13.7 Å². The zero-order valence-electron chi connectivity index (χ0n) is 10.3. The number of rotatable bonds is 6. The molecule has 0 aliphatic carbocycles. The van der Waals surface area contributed by atoms with E-state index in [1.54, 1.807) is 6.92 Å². The molecule has 1 aromatic carbocycles. The molecule has 0 saturated heterocycles. The van der Waals surface area contributed by atoms with E-state index in [2.05, 4.69) is 0 Å². The van der Waals surface area contributed by atoms with Crippen LogP contribution in [0.1, 0.15) is 17.3 Å². The predicted molar refractivity (Wildman–Crippen MR) is 62.0 cm³/mol. The van der Waals surface area contributed by atoms with Crippen LogP contribution in [0.15, 0.2) is 12.1 Å². The van der Waals surface area contributed by atoms with Gasteiger partial charge in [-0.1, -0.05) is 0 Å². The van der Waals surface area contributed by atoms with Crippen LogP contribution < -0.4 is 4.74 Å². The molecule has 1 rings (SSSR count). The lowest BCUT2D eigenvalue weighted by atomic mass is 10.1. The molecule has 0 heterocycles. The molecular formula is C11H12FNO6. The highest BCUT2D eigenvalue weighted by Gasteiger charge is 2.24. The van der Waals surface area contributed by atoms with Gasteiger partial charge in [-0.3, -0.25) is 10.1 Å². The van der Waals surface area contributed by atoms with Crippen LogP contribution in [-0.2, 0) is 4.74 Å². The second-order valence-electron chi connectivity index (χ2n) is 3.75. The van der Waals surface area contributed by atoms with E-state index in [1.807, 2.05) is 0 Å². The van der Waals surface area contributed by atoms with Crippen LogP contribution in [0, 0.1) is 15.9 Å². The Morgan fingerprint density at radius 2 is 2.21 bits per heavy atom. The SMILES string of the molecule is COCC(C)Oc1cc(F)c(C(=O)O)cc1[N+](=O)[O-]. The molecule has 7 nitrogen and oxygen atoms in total. The normalized spacial score (nSPS) is 11.9. The van der Waals surface area contributed by atoms with Crippen molar-refractivity contribution in [2.45, 2.75) is 13.0 Å². The summed E-state index contributed by atoms with van der Waals surface area (Å²) in [6.07, 6.45) is -0.543. The minimum absolute atomic E-state index is 0.152. The van der Waals surface area contributed by atoms with Crippen LogP contribution in [0.25, 0.3) is 0 Å². The highest BCUT2D eigenvalue weighted by atomic mass is 19.1. The van der Waals surface area contributed by atoms with Crippen LogP contribution in [0.2, 0.25) is 0 Å². The number of carboxylic acids is 1. The highest BCUT2D eigenvalue weighted by molar-refractivity contribution is 5.89. The minimum atomic E-state index is -1.59. The van der Waals surface area contributed by atoms with Crippen LogP contribution in [-0.4, -0.2) is 35.8 Å². The Morgan fingerprint density at radius 3 is 2.68 bits per heavy atom. The number of nitro benzene ring substituents is 1. The lowest BCUT2D eigenvalue weighted by Gasteiger charge is -2.14. The molecule has 0 aromatic heterocycles. The molecule has 104 valence electrons. The largest absolute Gasteiger partial charge is 0.481 e. The molecule has 1 unspecified atom stereocenters. The van der Waals surface area contributed by atoms with Crippen LogP contribution in [0.5, 0.6) is 5.75 Å². The van der Waals surface area contributed by atoms with E-state index in [9.17, 15) is 19.3 Å². The van der Waals surface area contributed by atoms with Gasteiger partial charge in [0.15, 0.2) is 5.75 Å². The van der Waals surface area contributed by atoms with Gasteiger partial charge in [0.1, 0.15) is 17.5 Å². The molecule has 0 aliphatic rings. The Balaban J connectivity index is 3.19. The summed E-state index contributed by atoms with van der Waals surface area (Å²) in [5.74, 6) is -3.02. The number of carboxylic acid groups (broad SMARTS) is 1. The Kier molecular flexibility index (Phi) is 4.76. The molecule has 0 amide bonds. The first kappa shape index (κ1) is 14.8. The zero-order valence-corrected chi connectivity index (χ0v) is 10.3. The van der Waals surface area contributed by atoms with Gasteiger partial charge in [0.2, 0.25) is 0 Å². The second kappa shape index (κ2) is 6.10. The molecule has 19 heavy (non-hydrogen) atoms. The van der Waals surface area contributed by atoms with Crippen LogP contribution in [0.4, 0.5) is 10.1 Å². The first-order valence-corrected chi connectivity index (χ1v) is 5.23. The van der Waals surface area contributed by atoms with Gasteiger partial charge in [-0.15, -0.1) is 0 Å². The van der Waals surface area contributed by atoms with Gasteiger partial charge in [-0.2, -0.15) is 0 Å². The second-order valence-corrected chi connectivity index (χ2v) is 3.75. The monoisotopic (exact) mass is 273 g/mol. The summed E-state index contributed by atoms with van der Waals surface area (Å²) < 4.78 is 23.4. The fraction of sp³-hybridized carbons (Fsp3) is 0.364. The van der Waals surface area contributed by atoms with E-state index in [4.69, 9.17) is 14.6 Å². The van der Waals surface area contributed by atoms with Crippen molar-refractivity contribution in [3.05, 3.63) is 33.6 Å². The molecule has 0 fully saturated rings. The summed E-state index contributed by atoms with van der Waals surface area (Å²) in [5.41, 5.74) is -1.39. The van der Waals surface area contributed by atoms with E-state index >= 15 is 0 Å². The third-order valence-corrected chi connectivity index (χ3v) is 2.21. The summed E-state index contributed by atoms with van der Waals surface area (Å²) >= 11 is 0. The molecule has 1 aromatic rings. The quantitative estimate of drug-likeness (QED) is 0.627. The van der Waals surface area contributed by atoms with Crippen molar-refractivity contribution in [3.8, 4) is 5.75 Å². The molecule has 8 heteroatoms. The molecule has 0 spiro atoms. The van der Waals surface area contributed by atoms with Gasteiger partial charge in [-0.25, -0.2) is 9.18 Å². The zero-order chi connectivity index (χ0) is 14.6. The Bertz CT molecular complexity index is 504. The fourth-order valence-corrected chi connectivity index (χ4v) is 1.43. The first-order valence-electron chi connectivity index (χ1n) is 5.23. The smallest absolute Gasteiger partial charge is 0.338 e. The van der Waals surface area contributed by atoms with Crippen molar-refractivity contribution in [1.82, 2.24) is 0 Å². The Labute approximate surface area is 107 Å². The Morgan fingerprint density at radius 1 is 1.58 bits per heavy atom. The highest BCUT2D eigenvalue weighted by Crippen LogP contribution is 2.30. The average molecular weight is 273 g/mol. The summed E-state index contributed by atoms with van der Waals surface area (Å²) in [7, 11) is 1.42. The number of aromatic carboxylic acids is 1. The molecule has 0 radical (unpaired) electrons. The topological polar surface area (TPSA) is 98.9 Å². The van der Waals surface area contributed by atoms with E-state index in [0.717, 1.165) is 0 Å². The number of halogens is 1. The molecule has 0 bridgehead atoms. The molecular weight excluding hydrogens is 261 g/mol. The third-order valence-electron chi connectivity index (χ3n) is 2.21. The summed E-state index contributed by atoms with van der Waals surface area (Å²) in [6.45, 7) is 1.73. The maximum atomic E-state index is 13.5. The maximum Gasteiger partial charge on any atom is 0.338 e. The first-order chi connectivity index (χ1) is 8.86. The van der Waals surface area contributed by atoms with Crippen molar-refractivity contribution < 1.29 is 28.7 Å². The van der Waals surface area contributed by atoms with Crippen molar-refractivity contribution in [3.63, 3.8) is 0 Å². The van der Waals surface area contributed by atoms with Crippen molar-refractivity contribution in [1.29, 1.82) is 0 Å². The molecule has 0 saturated carbocycles. The number of hydrogen-bond acceptors (Lipinski definition) is 5. The minimum Gasteiger partial charge on any atom is -0.481 e. The maximum absolute atomic E-state index is 13.5. The van der Waals surface area contributed by atoms with Crippen molar-refractivity contribution >= 4 is 11.7 Å². The molecule has 0 aliphatic heterocycles. The number of nitrogens with zero attached hydrogens (tertiary/aromatic N) is 1. The van der Waals surface area contributed by atoms with Gasteiger partial charge < -0.3 is 14.6 Å². The number of carbonyl (C=O) groups is 1. The lowest BCUT2D eigenvalue weighted by molar-refractivity contribution is -0.386. The van der Waals surface area contributed by atoms with E-state index in [0.29, 0.717) is 12.1 Å². The Hall–Kier alpha value is -2.22. The standard InChI is InChI=1S/C11H12FNO6/c1-6(5-18-2)19-10-4-8(12)7(11(14)15)3-9(10)13(16)17/h3-4,6H,5H2,1-2H3,(H,14,15). The number of methoxy groups -OCH3 is 1. The van der Waals surface area contributed by atoms with Crippen LogP contribution in [0.3, 0.4) is 0 Å². The third kappa shape index (κ3) is 3.62. The van der Waals surface area contributed by atoms with Crippen LogP contribution >= 0.6 is 0 Å². The predicted octanol–water partition coefficient (Wildman–Crippen LogP) is 1.85. The van der Waals surface area contributed by atoms with Gasteiger partial charge in [0, 0.05) is 19.2 Å². The summed E-state index contributed by atoms with van der Waals surface area (Å²) in [6, 6.07) is 1.32. The number of nitro groups is 1. The summed E-state index contributed by atoms with van der Waals surface area (Å²) in [4.78, 5) is 20.7. The number of benzene rings is 1. The van der Waals surface area contributed by atoms with Gasteiger partial charge in [0.25, 0.3) is 0 Å². The average Bonchev–Trinajstić information content (AvgIpc) is 2.28. The summed E-state index contributed by atoms with van der Waals surface area (Å²) in [5, 5.41) is 19.5. The molecule has 1 atom stereocenters.